The molecular weight excluding hydrogens is 388 g/mol. The van der Waals surface area contributed by atoms with Gasteiger partial charge in [-0.2, -0.15) is 0 Å². The highest BCUT2D eigenvalue weighted by Crippen LogP contribution is 2.60. The molecular formula is C23H26O5S. The Bertz CT molecular complexity index is 911. The summed E-state index contributed by atoms with van der Waals surface area (Å²) in [5.74, 6) is 2.84. The zero-order valence-corrected chi connectivity index (χ0v) is 17.5. The first-order chi connectivity index (χ1) is 14.1. The molecule has 0 N–H and O–H groups in total. The number of thiophene rings is 1. The molecule has 154 valence electrons. The lowest BCUT2D eigenvalue weighted by atomic mass is 9.48. The van der Waals surface area contributed by atoms with E-state index < -0.39 is 6.16 Å². The van der Waals surface area contributed by atoms with E-state index in [9.17, 15) is 9.59 Å². The van der Waals surface area contributed by atoms with Crippen molar-refractivity contribution in [1.82, 2.24) is 0 Å². The van der Waals surface area contributed by atoms with Crippen molar-refractivity contribution in [3.63, 3.8) is 0 Å². The summed E-state index contributed by atoms with van der Waals surface area (Å²) in [6, 6.07) is 7.72. The van der Waals surface area contributed by atoms with Crippen molar-refractivity contribution in [2.24, 2.45) is 23.2 Å². The molecule has 4 saturated carbocycles. The van der Waals surface area contributed by atoms with E-state index in [4.69, 9.17) is 14.2 Å². The summed E-state index contributed by atoms with van der Waals surface area (Å²) in [7, 11) is 0. The monoisotopic (exact) mass is 414 g/mol. The Morgan fingerprint density at radius 2 is 1.72 bits per heavy atom. The van der Waals surface area contributed by atoms with Crippen LogP contribution in [0.3, 0.4) is 0 Å². The highest BCUT2D eigenvalue weighted by molar-refractivity contribution is 7.21. The predicted molar refractivity (Wildman–Crippen MR) is 111 cm³/mol. The van der Waals surface area contributed by atoms with Gasteiger partial charge in [0.15, 0.2) is 11.5 Å². The molecule has 0 unspecified atom stereocenters. The van der Waals surface area contributed by atoms with Gasteiger partial charge in [0.05, 0.1) is 6.61 Å². The smallest absolute Gasteiger partial charge is 0.480 e. The minimum absolute atomic E-state index is 0.0338. The van der Waals surface area contributed by atoms with E-state index in [-0.39, 0.29) is 24.4 Å². The van der Waals surface area contributed by atoms with Crippen LogP contribution in [-0.4, -0.2) is 25.2 Å². The van der Waals surface area contributed by atoms with Crippen LogP contribution in [0.2, 0.25) is 0 Å². The van der Waals surface area contributed by atoms with Crippen molar-refractivity contribution in [1.29, 1.82) is 0 Å². The second kappa shape index (κ2) is 7.31. The fourth-order valence-corrected chi connectivity index (χ4v) is 7.16. The molecule has 2 aromatic rings. The third-order valence-electron chi connectivity index (χ3n) is 6.94. The van der Waals surface area contributed by atoms with Gasteiger partial charge in [0.2, 0.25) is 5.06 Å². The van der Waals surface area contributed by atoms with Crippen molar-refractivity contribution in [2.45, 2.75) is 45.4 Å². The zero-order valence-electron chi connectivity index (χ0n) is 16.6. The number of benzene rings is 1. The van der Waals surface area contributed by atoms with Gasteiger partial charge in [-0.15, -0.1) is 0 Å². The number of carbonyl (C=O) groups is 2. The number of carbonyl (C=O) groups excluding carboxylic acids is 2. The first-order valence-corrected chi connectivity index (χ1v) is 11.4. The highest BCUT2D eigenvalue weighted by atomic mass is 32.1. The number of ketones is 1. The van der Waals surface area contributed by atoms with Gasteiger partial charge in [0.1, 0.15) is 6.61 Å². The summed E-state index contributed by atoms with van der Waals surface area (Å²) in [5.41, 5.74) is -0.192. The van der Waals surface area contributed by atoms with Crippen LogP contribution < -0.4 is 9.47 Å². The van der Waals surface area contributed by atoms with E-state index >= 15 is 0 Å². The van der Waals surface area contributed by atoms with Gasteiger partial charge in [-0.3, -0.25) is 4.79 Å². The Labute approximate surface area is 174 Å². The van der Waals surface area contributed by atoms with Gasteiger partial charge in [0.25, 0.3) is 0 Å². The maximum absolute atomic E-state index is 13.3. The molecule has 4 bridgehead atoms. The Hall–Kier alpha value is -2.08. The minimum Gasteiger partial charge on any atom is -0.480 e. The maximum Gasteiger partial charge on any atom is 0.514 e. The lowest BCUT2D eigenvalue weighted by Crippen LogP contribution is -2.51. The molecule has 0 spiro atoms. The molecule has 0 atom stereocenters. The lowest BCUT2D eigenvalue weighted by molar-refractivity contribution is -0.145. The number of ether oxygens (including phenoxy) is 3. The summed E-state index contributed by atoms with van der Waals surface area (Å²) in [6.45, 7) is 2.00. The predicted octanol–water partition coefficient (Wildman–Crippen LogP) is 5.60. The van der Waals surface area contributed by atoms with Gasteiger partial charge in [-0.05, 0) is 75.3 Å². The van der Waals surface area contributed by atoms with E-state index in [0.29, 0.717) is 10.8 Å². The van der Waals surface area contributed by atoms with Gasteiger partial charge in [0, 0.05) is 15.5 Å². The summed E-state index contributed by atoms with van der Waals surface area (Å²) < 4.78 is 17.3. The molecule has 4 fully saturated rings. The topological polar surface area (TPSA) is 61.8 Å². The van der Waals surface area contributed by atoms with Gasteiger partial charge < -0.3 is 14.2 Å². The third kappa shape index (κ3) is 3.41. The lowest BCUT2D eigenvalue weighted by Gasteiger charge is -2.55. The first-order valence-electron chi connectivity index (χ1n) is 10.6. The van der Waals surface area contributed by atoms with Crippen LogP contribution in [0.1, 0.15) is 45.4 Å². The summed E-state index contributed by atoms with van der Waals surface area (Å²) in [6.07, 6.45) is 6.24. The van der Waals surface area contributed by atoms with E-state index in [1.165, 1.54) is 30.6 Å². The minimum atomic E-state index is -0.753. The summed E-state index contributed by atoms with van der Waals surface area (Å²) >= 11 is 1.33. The SMILES string of the molecule is CCOC(=O)Oc1sc2ccccc2c1OCC(=O)C12CC3CC(CC(C3)C1)C2. The van der Waals surface area contributed by atoms with Crippen LogP contribution in [-0.2, 0) is 9.53 Å². The molecule has 5 nitrogen and oxygen atoms in total. The Kier molecular flexibility index (Phi) is 4.77. The fourth-order valence-electron chi connectivity index (χ4n) is 6.17. The van der Waals surface area contributed by atoms with E-state index in [1.54, 1.807) is 6.92 Å². The second-order valence-corrected chi connectivity index (χ2v) is 9.92. The largest absolute Gasteiger partial charge is 0.514 e. The zero-order chi connectivity index (χ0) is 20.0. The average molecular weight is 415 g/mol. The van der Waals surface area contributed by atoms with E-state index in [1.807, 2.05) is 24.3 Å². The van der Waals surface area contributed by atoms with Gasteiger partial charge >= 0.3 is 6.16 Å². The molecule has 29 heavy (non-hydrogen) atoms. The highest BCUT2D eigenvalue weighted by Gasteiger charge is 2.54. The standard InChI is InChI=1S/C23H26O5S/c1-2-26-22(25)28-21-20(17-5-3-4-6-18(17)29-21)27-13-19(24)23-10-14-7-15(11-23)9-16(8-14)12-23/h3-6,14-16H,2,7-13H2,1H3. The van der Waals surface area contributed by atoms with Crippen molar-refractivity contribution in [2.75, 3.05) is 13.2 Å². The Morgan fingerprint density at radius 1 is 1.07 bits per heavy atom. The molecule has 4 aliphatic rings. The number of hydrogen-bond acceptors (Lipinski definition) is 6. The summed E-state index contributed by atoms with van der Waals surface area (Å²) in [4.78, 5) is 25.2. The molecule has 0 aliphatic heterocycles. The number of rotatable bonds is 6. The number of fused-ring (bicyclic) bond motifs is 1. The molecule has 6 heteroatoms. The van der Waals surface area contributed by atoms with Crippen LogP contribution in [0.25, 0.3) is 10.1 Å². The van der Waals surface area contributed by atoms with Crippen molar-refractivity contribution in [3.8, 4) is 10.8 Å². The molecule has 1 aromatic carbocycles. The normalized spacial score (nSPS) is 29.8. The molecule has 0 saturated heterocycles. The van der Waals surface area contributed by atoms with Gasteiger partial charge in [-0.25, -0.2) is 4.79 Å². The average Bonchev–Trinajstić information content (AvgIpc) is 3.02. The molecule has 1 heterocycles. The molecule has 1 aromatic heterocycles. The Balaban J connectivity index is 1.36. The van der Waals surface area contributed by atoms with Crippen LogP contribution in [0.15, 0.2) is 24.3 Å². The Morgan fingerprint density at radius 3 is 2.38 bits per heavy atom. The van der Waals surface area contributed by atoms with Crippen LogP contribution in [0.4, 0.5) is 4.79 Å². The van der Waals surface area contributed by atoms with Crippen LogP contribution >= 0.6 is 11.3 Å². The van der Waals surface area contributed by atoms with Gasteiger partial charge in [-0.1, -0.05) is 23.5 Å². The number of Topliss-reactive ketones (excluding diaryl/α,β-unsaturated/α-hetero) is 1. The van der Waals surface area contributed by atoms with Crippen molar-refractivity contribution >= 4 is 33.4 Å². The maximum atomic E-state index is 13.3. The van der Waals surface area contributed by atoms with Crippen molar-refractivity contribution < 1.29 is 23.8 Å². The van der Waals surface area contributed by atoms with Crippen LogP contribution in [0, 0.1) is 23.2 Å². The van der Waals surface area contributed by atoms with Crippen LogP contribution in [0.5, 0.6) is 10.8 Å². The van der Waals surface area contributed by atoms with E-state index in [0.717, 1.165) is 47.1 Å². The molecule has 6 rings (SSSR count). The molecule has 0 amide bonds. The number of hydrogen-bond donors (Lipinski definition) is 0. The molecule has 4 aliphatic carbocycles. The first kappa shape index (κ1) is 18.9. The molecule has 0 radical (unpaired) electrons. The fraction of sp³-hybridized carbons (Fsp3) is 0.565. The second-order valence-electron chi connectivity index (χ2n) is 8.91. The van der Waals surface area contributed by atoms with E-state index in [2.05, 4.69) is 0 Å². The van der Waals surface area contributed by atoms with Crippen molar-refractivity contribution in [3.05, 3.63) is 24.3 Å². The summed E-state index contributed by atoms with van der Waals surface area (Å²) in [5, 5.41) is 1.21. The quantitative estimate of drug-likeness (QED) is 0.576. The third-order valence-corrected chi connectivity index (χ3v) is 7.97.